The Hall–Kier alpha value is -1.77. The Morgan fingerprint density at radius 3 is 2.32 bits per heavy atom. The highest BCUT2D eigenvalue weighted by atomic mass is 16.6. The summed E-state index contributed by atoms with van der Waals surface area (Å²) in [5.41, 5.74) is 3.35. The first-order valence-corrected chi connectivity index (χ1v) is 8.44. The first-order chi connectivity index (χ1) is 12.0. The predicted molar refractivity (Wildman–Crippen MR) is 89.9 cm³/mol. The van der Waals surface area contributed by atoms with Crippen LogP contribution in [0.15, 0.2) is 36.7 Å². The summed E-state index contributed by atoms with van der Waals surface area (Å²) >= 11 is 0. The number of benzene rings is 1. The molecule has 0 spiro atoms. The van der Waals surface area contributed by atoms with Crippen molar-refractivity contribution in [2.45, 2.75) is 50.4 Å². The van der Waals surface area contributed by atoms with E-state index in [9.17, 15) is 20.4 Å². The van der Waals surface area contributed by atoms with Gasteiger partial charge in [0.25, 0.3) is 0 Å². The standard InChI is InChI=1S/C18H24N2O5/c1-2-11-3-5-12(6-4-11)7-13-8-19-20(9-13)18-17(24)16(23)15(22)14(10-21)25-18/h3-6,8-9,14-18,21-24H,2,7,10H2,1H3/t14-,15-,16?,17-,18?/m1/s1. The fraction of sp³-hybridized carbons (Fsp3) is 0.500. The van der Waals surface area contributed by atoms with Crippen molar-refractivity contribution in [1.82, 2.24) is 9.78 Å². The van der Waals surface area contributed by atoms with Gasteiger partial charge in [-0.05, 0) is 23.1 Å². The van der Waals surface area contributed by atoms with Gasteiger partial charge in [-0.25, -0.2) is 4.68 Å². The molecule has 4 N–H and O–H groups in total. The summed E-state index contributed by atoms with van der Waals surface area (Å²) in [6.45, 7) is 1.65. The molecule has 7 heteroatoms. The van der Waals surface area contributed by atoms with Crippen LogP contribution in [0, 0.1) is 0 Å². The molecule has 0 bridgehead atoms. The lowest BCUT2D eigenvalue weighted by atomic mass is 9.98. The van der Waals surface area contributed by atoms with Crippen molar-refractivity contribution in [3.05, 3.63) is 53.3 Å². The fourth-order valence-corrected chi connectivity index (χ4v) is 3.04. The van der Waals surface area contributed by atoms with Crippen molar-refractivity contribution in [2.24, 2.45) is 0 Å². The summed E-state index contributed by atoms with van der Waals surface area (Å²) in [7, 11) is 0. The zero-order valence-electron chi connectivity index (χ0n) is 14.1. The van der Waals surface area contributed by atoms with E-state index in [1.165, 1.54) is 10.2 Å². The summed E-state index contributed by atoms with van der Waals surface area (Å²) in [5, 5.41) is 43.4. The van der Waals surface area contributed by atoms with E-state index in [2.05, 4.69) is 36.3 Å². The third kappa shape index (κ3) is 3.75. The molecule has 1 aliphatic rings. The van der Waals surface area contributed by atoms with E-state index in [-0.39, 0.29) is 0 Å². The molecule has 1 aliphatic heterocycles. The maximum atomic E-state index is 10.2. The lowest BCUT2D eigenvalue weighted by molar-refractivity contribution is -0.253. The van der Waals surface area contributed by atoms with Gasteiger partial charge >= 0.3 is 0 Å². The van der Waals surface area contributed by atoms with Gasteiger partial charge in [0.1, 0.15) is 24.4 Å². The summed E-state index contributed by atoms with van der Waals surface area (Å²) in [6.07, 6.45) is -0.945. The van der Waals surface area contributed by atoms with Gasteiger partial charge in [0.05, 0.1) is 12.8 Å². The number of hydrogen-bond acceptors (Lipinski definition) is 6. The second-order valence-corrected chi connectivity index (χ2v) is 6.39. The van der Waals surface area contributed by atoms with E-state index in [1.807, 2.05) is 0 Å². The Labute approximate surface area is 146 Å². The smallest absolute Gasteiger partial charge is 0.179 e. The molecule has 3 rings (SSSR count). The van der Waals surface area contributed by atoms with Crippen LogP contribution in [0.5, 0.6) is 0 Å². The molecular weight excluding hydrogens is 324 g/mol. The number of rotatable bonds is 5. The maximum Gasteiger partial charge on any atom is 0.179 e. The summed E-state index contributed by atoms with van der Waals surface area (Å²) in [5.74, 6) is 0. The van der Waals surface area contributed by atoms with Crippen molar-refractivity contribution in [1.29, 1.82) is 0 Å². The van der Waals surface area contributed by atoms with Crippen LogP contribution in [0.25, 0.3) is 0 Å². The third-order valence-electron chi connectivity index (χ3n) is 4.62. The molecule has 2 aromatic rings. The molecule has 5 atom stereocenters. The summed E-state index contributed by atoms with van der Waals surface area (Å²) in [6, 6.07) is 8.34. The minimum atomic E-state index is -1.41. The Bertz CT molecular complexity index is 685. The Balaban J connectivity index is 1.73. The topological polar surface area (TPSA) is 108 Å². The molecule has 0 saturated carbocycles. The van der Waals surface area contributed by atoms with Gasteiger partial charge in [0.2, 0.25) is 0 Å². The van der Waals surface area contributed by atoms with E-state index >= 15 is 0 Å². The average molecular weight is 348 g/mol. The van der Waals surface area contributed by atoms with E-state index in [1.54, 1.807) is 12.4 Å². The zero-order chi connectivity index (χ0) is 18.0. The number of aliphatic hydroxyl groups excluding tert-OH is 4. The lowest BCUT2D eigenvalue weighted by Gasteiger charge is -2.39. The lowest BCUT2D eigenvalue weighted by Crippen LogP contribution is -2.56. The molecule has 0 aliphatic carbocycles. The van der Waals surface area contributed by atoms with Gasteiger partial charge in [-0.1, -0.05) is 31.2 Å². The van der Waals surface area contributed by atoms with Crippen molar-refractivity contribution in [3.8, 4) is 0 Å². The molecule has 2 heterocycles. The van der Waals surface area contributed by atoms with Crippen molar-refractivity contribution in [3.63, 3.8) is 0 Å². The van der Waals surface area contributed by atoms with Gasteiger partial charge in [-0.2, -0.15) is 5.10 Å². The van der Waals surface area contributed by atoms with Crippen LogP contribution >= 0.6 is 0 Å². The minimum Gasteiger partial charge on any atom is -0.394 e. The number of aliphatic hydroxyl groups is 4. The van der Waals surface area contributed by atoms with Gasteiger partial charge in [0, 0.05) is 12.6 Å². The maximum absolute atomic E-state index is 10.2. The van der Waals surface area contributed by atoms with Crippen molar-refractivity contribution < 1.29 is 25.2 Å². The highest BCUT2D eigenvalue weighted by molar-refractivity contribution is 5.27. The van der Waals surface area contributed by atoms with Gasteiger partial charge in [-0.15, -0.1) is 0 Å². The molecule has 25 heavy (non-hydrogen) atoms. The summed E-state index contributed by atoms with van der Waals surface area (Å²) in [4.78, 5) is 0. The van der Waals surface area contributed by atoms with Crippen molar-refractivity contribution in [2.75, 3.05) is 6.61 Å². The zero-order valence-corrected chi connectivity index (χ0v) is 14.1. The first kappa shape index (κ1) is 18.0. The normalized spacial score (nSPS) is 29.7. The molecule has 2 unspecified atom stereocenters. The highest BCUT2D eigenvalue weighted by Gasteiger charge is 2.44. The molecule has 7 nitrogen and oxygen atoms in total. The second-order valence-electron chi connectivity index (χ2n) is 6.39. The predicted octanol–water partition coefficient (Wildman–Crippen LogP) is 0.00870. The number of nitrogens with zero attached hydrogens (tertiary/aromatic N) is 2. The quantitative estimate of drug-likeness (QED) is 0.606. The molecular formula is C18H24N2O5. The Morgan fingerprint density at radius 2 is 1.68 bits per heavy atom. The van der Waals surface area contributed by atoms with Gasteiger partial charge < -0.3 is 25.2 Å². The number of aryl methyl sites for hydroxylation is 1. The van der Waals surface area contributed by atoms with Crippen LogP contribution < -0.4 is 0 Å². The molecule has 0 amide bonds. The molecule has 1 aromatic heterocycles. The van der Waals surface area contributed by atoms with Gasteiger partial charge in [0.15, 0.2) is 6.23 Å². The van der Waals surface area contributed by atoms with Crippen LogP contribution in [0.3, 0.4) is 0 Å². The molecule has 1 aromatic carbocycles. The largest absolute Gasteiger partial charge is 0.394 e. The number of hydrogen-bond donors (Lipinski definition) is 4. The SMILES string of the molecule is CCc1ccc(Cc2cnn(C3O[C@H](CO)[C@@H](O)C(O)[C@H]3O)c2)cc1. The fourth-order valence-electron chi connectivity index (χ4n) is 3.04. The van der Waals surface area contributed by atoms with Crippen LogP contribution in [0.2, 0.25) is 0 Å². The number of aromatic nitrogens is 2. The number of ether oxygens (including phenoxy) is 1. The molecule has 0 radical (unpaired) electrons. The van der Waals surface area contributed by atoms with Crippen LogP contribution in [-0.4, -0.2) is 61.2 Å². The van der Waals surface area contributed by atoms with E-state index in [0.717, 1.165) is 17.5 Å². The Kier molecular flexibility index (Phi) is 5.51. The van der Waals surface area contributed by atoms with Crippen LogP contribution in [-0.2, 0) is 17.6 Å². The van der Waals surface area contributed by atoms with E-state index in [0.29, 0.717) is 6.42 Å². The first-order valence-electron chi connectivity index (χ1n) is 8.44. The molecule has 1 fully saturated rings. The van der Waals surface area contributed by atoms with Gasteiger partial charge in [-0.3, -0.25) is 0 Å². The van der Waals surface area contributed by atoms with Crippen LogP contribution in [0.4, 0.5) is 0 Å². The highest BCUT2D eigenvalue weighted by Crippen LogP contribution is 2.28. The third-order valence-corrected chi connectivity index (χ3v) is 4.62. The van der Waals surface area contributed by atoms with E-state index < -0.39 is 37.3 Å². The van der Waals surface area contributed by atoms with Crippen molar-refractivity contribution >= 4 is 0 Å². The monoisotopic (exact) mass is 348 g/mol. The second kappa shape index (κ2) is 7.63. The Morgan fingerprint density at radius 1 is 1.00 bits per heavy atom. The summed E-state index contributed by atoms with van der Waals surface area (Å²) < 4.78 is 6.92. The van der Waals surface area contributed by atoms with Crippen LogP contribution in [0.1, 0.15) is 29.8 Å². The molecule has 136 valence electrons. The molecule has 1 saturated heterocycles. The van der Waals surface area contributed by atoms with E-state index in [4.69, 9.17) is 4.74 Å². The average Bonchev–Trinajstić information content (AvgIpc) is 3.09. The minimum absolute atomic E-state index is 0.459.